The molecule has 126 valence electrons. The molecule has 0 aliphatic rings. The second kappa shape index (κ2) is 7.73. The molecule has 0 fully saturated rings. The number of carbonyl (C=O) groups excluding carboxylic acids is 1. The number of benzene rings is 1. The number of nitriles is 1. The first-order valence-electron chi connectivity index (χ1n) is 7.42. The summed E-state index contributed by atoms with van der Waals surface area (Å²) in [4.78, 5) is 14.0. The minimum absolute atomic E-state index is 0.0165. The third-order valence-electron chi connectivity index (χ3n) is 3.97. The fourth-order valence-corrected chi connectivity index (χ4v) is 2.00. The number of carbonyl (C=O) groups is 1. The van der Waals surface area contributed by atoms with Crippen molar-refractivity contribution in [3.05, 3.63) is 18.2 Å². The molecule has 0 aliphatic carbocycles. The molecule has 1 N–H and O–H groups in total. The van der Waals surface area contributed by atoms with Gasteiger partial charge in [-0.1, -0.05) is 13.8 Å². The number of rotatable bonds is 7. The van der Waals surface area contributed by atoms with Crippen LogP contribution in [-0.4, -0.2) is 39.3 Å². The van der Waals surface area contributed by atoms with Crippen molar-refractivity contribution in [2.24, 2.45) is 5.92 Å². The average molecular weight is 319 g/mol. The molecule has 0 spiro atoms. The summed E-state index contributed by atoms with van der Waals surface area (Å²) in [5.74, 6) is 1.04. The molecule has 1 atom stereocenters. The number of hydrogen-bond acceptors (Lipinski definition) is 5. The van der Waals surface area contributed by atoms with Gasteiger partial charge < -0.3 is 19.7 Å². The standard InChI is InChI=1S/C17H25N3O3/c1-12(2)17(3,11-18)19-16(21)10-20(4)13-7-8-14(22-5)15(9-13)23-6/h7-9,12H,10H2,1-6H3,(H,19,21)/t17-/m0/s1. The van der Waals surface area contributed by atoms with Gasteiger partial charge in [-0.15, -0.1) is 0 Å². The Morgan fingerprint density at radius 2 is 1.96 bits per heavy atom. The van der Waals surface area contributed by atoms with Crippen LogP contribution in [0.4, 0.5) is 5.69 Å². The van der Waals surface area contributed by atoms with Crippen molar-refractivity contribution in [2.75, 3.05) is 32.7 Å². The van der Waals surface area contributed by atoms with Crippen molar-refractivity contribution in [2.45, 2.75) is 26.3 Å². The molecule has 0 radical (unpaired) electrons. The number of hydrogen-bond donors (Lipinski definition) is 1. The van der Waals surface area contributed by atoms with Gasteiger partial charge in [-0.25, -0.2) is 0 Å². The van der Waals surface area contributed by atoms with Gasteiger partial charge in [-0.05, 0) is 25.0 Å². The van der Waals surface area contributed by atoms with E-state index >= 15 is 0 Å². The zero-order chi connectivity index (χ0) is 17.6. The van der Waals surface area contributed by atoms with Gasteiger partial charge in [0, 0.05) is 18.8 Å². The lowest BCUT2D eigenvalue weighted by molar-refractivity contribution is -0.121. The van der Waals surface area contributed by atoms with Crippen LogP contribution in [0.2, 0.25) is 0 Å². The highest BCUT2D eigenvalue weighted by molar-refractivity contribution is 5.82. The summed E-state index contributed by atoms with van der Waals surface area (Å²) in [5.41, 5.74) is -0.0591. The van der Waals surface area contributed by atoms with Gasteiger partial charge in [0.15, 0.2) is 11.5 Å². The van der Waals surface area contributed by atoms with Crippen molar-refractivity contribution in [1.82, 2.24) is 5.32 Å². The van der Waals surface area contributed by atoms with Crippen LogP contribution < -0.4 is 19.7 Å². The summed E-state index contributed by atoms with van der Waals surface area (Å²) in [7, 11) is 4.94. The van der Waals surface area contributed by atoms with E-state index < -0.39 is 5.54 Å². The number of methoxy groups -OCH3 is 2. The van der Waals surface area contributed by atoms with Crippen LogP contribution in [0.5, 0.6) is 11.5 Å². The van der Waals surface area contributed by atoms with Crippen molar-refractivity contribution < 1.29 is 14.3 Å². The third-order valence-corrected chi connectivity index (χ3v) is 3.97. The van der Waals surface area contributed by atoms with Gasteiger partial charge >= 0.3 is 0 Å². The molecule has 6 nitrogen and oxygen atoms in total. The monoisotopic (exact) mass is 319 g/mol. The number of likely N-dealkylation sites (N-methyl/N-ethyl adjacent to an activating group) is 1. The van der Waals surface area contributed by atoms with Crippen molar-refractivity contribution >= 4 is 11.6 Å². The summed E-state index contributed by atoms with van der Waals surface area (Å²) >= 11 is 0. The van der Waals surface area contributed by atoms with E-state index in [2.05, 4.69) is 11.4 Å². The molecule has 6 heteroatoms. The first kappa shape index (κ1) is 18.6. The largest absolute Gasteiger partial charge is 0.493 e. The smallest absolute Gasteiger partial charge is 0.240 e. The summed E-state index contributed by atoms with van der Waals surface area (Å²) in [5, 5.41) is 12.1. The maximum atomic E-state index is 12.2. The van der Waals surface area contributed by atoms with E-state index in [0.717, 1.165) is 5.69 Å². The molecule has 23 heavy (non-hydrogen) atoms. The van der Waals surface area contributed by atoms with Crippen molar-refractivity contribution in [3.63, 3.8) is 0 Å². The Morgan fingerprint density at radius 1 is 1.35 bits per heavy atom. The normalized spacial score (nSPS) is 13.0. The Kier molecular flexibility index (Phi) is 6.26. The van der Waals surface area contributed by atoms with Gasteiger partial charge in [0.25, 0.3) is 0 Å². The molecular weight excluding hydrogens is 294 g/mol. The van der Waals surface area contributed by atoms with Crippen LogP contribution in [0.15, 0.2) is 18.2 Å². The molecule has 0 saturated heterocycles. The quantitative estimate of drug-likeness (QED) is 0.834. The second-order valence-electron chi connectivity index (χ2n) is 5.91. The summed E-state index contributed by atoms with van der Waals surface area (Å²) in [6, 6.07) is 7.61. The summed E-state index contributed by atoms with van der Waals surface area (Å²) in [6.45, 7) is 5.68. The van der Waals surface area contributed by atoms with Crippen LogP contribution in [0.25, 0.3) is 0 Å². The predicted octanol–water partition coefficient (Wildman–Crippen LogP) is 2.19. The van der Waals surface area contributed by atoms with Crippen LogP contribution in [0, 0.1) is 17.2 Å². The molecule has 0 heterocycles. The number of amides is 1. The first-order chi connectivity index (χ1) is 10.8. The Balaban J connectivity index is 2.82. The third kappa shape index (κ3) is 4.52. The molecule has 0 saturated carbocycles. The first-order valence-corrected chi connectivity index (χ1v) is 7.42. The molecule has 1 aromatic rings. The second-order valence-corrected chi connectivity index (χ2v) is 5.91. The fraction of sp³-hybridized carbons (Fsp3) is 0.529. The number of nitrogens with one attached hydrogen (secondary N) is 1. The lowest BCUT2D eigenvalue weighted by Gasteiger charge is -2.29. The Bertz CT molecular complexity index is 595. The number of ether oxygens (including phenoxy) is 2. The SMILES string of the molecule is COc1ccc(N(C)CC(=O)N[C@@](C)(C#N)C(C)C)cc1OC. The van der Waals surface area contributed by atoms with Gasteiger partial charge in [0.2, 0.25) is 5.91 Å². The molecule has 1 aromatic carbocycles. The Hall–Kier alpha value is -2.42. The minimum atomic E-state index is -0.879. The van der Waals surface area contributed by atoms with Gasteiger partial charge in [-0.3, -0.25) is 4.79 Å². The Labute approximate surface area is 138 Å². The van der Waals surface area contributed by atoms with Crippen LogP contribution in [-0.2, 0) is 4.79 Å². The maximum absolute atomic E-state index is 12.2. The highest BCUT2D eigenvalue weighted by Gasteiger charge is 2.30. The van der Waals surface area contributed by atoms with E-state index in [-0.39, 0.29) is 18.4 Å². The maximum Gasteiger partial charge on any atom is 0.240 e. The molecular formula is C17H25N3O3. The van der Waals surface area contributed by atoms with E-state index in [4.69, 9.17) is 9.47 Å². The minimum Gasteiger partial charge on any atom is -0.493 e. The van der Waals surface area contributed by atoms with Crippen LogP contribution in [0.3, 0.4) is 0 Å². The van der Waals surface area contributed by atoms with Crippen LogP contribution >= 0.6 is 0 Å². The van der Waals surface area contributed by atoms with Gasteiger partial charge in [0.1, 0.15) is 5.54 Å². The molecule has 1 amide bonds. The van der Waals surface area contributed by atoms with E-state index in [0.29, 0.717) is 11.5 Å². The zero-order valence-electron chi connectivity index (χ0n) is 14.6. The van der Waals surface area contributed by atoms with E-state index in [1.54, 1.807) is 45.2 Å². The van der Waals surface area contributed by atoms with Gasteiger partial charge in [-0.2, -0.15) is 5.26 Å². The predicted molar refractivity (Wildman–Crippen MR) is 89.8 cm³/mol. The van der Waals surface area contributed by atoms with Gasteiger partial charge in [0.05, 0.1) is 26.8 Å². The molecule has 1 rings (SSSR count). The molecule has 0 aromatic heterocycles. The highest BCUT2D eigenvalue weighted by atomic mass is 16.5. The zero-order valence-corrected chi connectivity index (χ0v) is 14.6. The number of anilines is 1. The van der Waals surface area contributed by atoms with E-state index in [1.807, 2.05) is 19.9 Å². The molecule has 0 unspecified atom stereocenters. The van der Waals surface area contributed by atoms with E-state index in [1.165, 1.54) is 0 Å². The average Bonchev–Trinajstić information content (AvgIpc) is 2.53. The summed E-state index contributed by atoms with van der Waals surface area (Å²) < 4.78 is 10.5. The van der Waals surface area contributed by atoms with Crippen molar-refractivity contribution in [1.29, 1.82) is 5.26 Å². The lowest BCUT2D eigenvalue weighted by Crippen LogP contribution is -2.51. The number of nitrogens with zero attached hydrogens (tertiary/aromatic N) is 2. The van der Waals surface area contributed by atoms with Crippen molar-refractivity contribution in [3.8, 4) is 17.6 Å². The molecule has 0 aliphatic heterocycles. The van der Waals surface area contributed by atoms with E-state index in [9.17, 15) is 10.1 Å². The topological polar surface area (TPSA) is 74.6 Å². The fourth-order valence-electron chi connectivity index (χ4n) is 2.00. The summed E-state index contributed by atoms with van der Waals surface area (Å²) in [6.07, 6.45) is 0. The Morgan fingerprint density at radius 3 is 2.43 bits per heavy atom. The lowest BCUT2D eigenvalue weighted by atomic mass is 9.90. The van der Waals surface area contributed by atoms with Crippen LogP contribution in [0.1, 0.15) is 20.8 Å². The highest BCUT2D eigenvalue weighted by Crippen LogP contribution is 2.31. The molecule has 0 bridgehead atoms.